The van der Waals surface area contributed by atoms with Gasteiger partial charge < -0.3 is 9.47 Å². The highest BCUT2D eigenvalue weighted by atomic mass is 32.2. The van der Waals surface area contributed by atoms with E-state index >= 15 is 0 Å². The zero-order chi connectivity index (χ0) is 16.9. The zero-order valence-electron chi connectivity index (χ0n) is 13.3. The molecule has 0 aromatic heterocycles. The summed E-state index contributed by atoms with van der Waals surface area (Å²) in [6.07, 6.45) is 0. The van der Waals surface area contributed by atoms with E-state index in [2.05, 4.69) is 14.4 Å². The molecule has 128 valence electrons. The van der Waals surface area contributed by atoms with Crippen molar-refractivity contribution in [1.82, 2.24) is 9.62 Å². The Labute approximate surface area is 136 Å². The highest BCUT2D eigenvalue weighted by Gasteiger charge is 2.20. The number of nitrogens with one attached hydrogen (secondary N) is 1. The van der Waals surface area contributed by atoms with Crippen LogP contribution in [0.1, 0.15) is 17.3 Å². The van der Waals surface area contributed by atoms with Crippen LogP contribution in [0.15, 0.2) is 29.2 Å². The van der Waals surface area contributed by atoms with E-state index in [0.29, 0.717) is 25.3 Å². The summed E-state index contributed by atoms with van der Waals surface area (Å²) >= 11 is 0. The maximum Gasteiger partial charge on any atom is 0.337 e. The Kier molecular flexibility index (Phi) is 6.11. The molecule has 1 unspecified atom stereocenters. The quantitative estimate of drug-likeness (QED) is 0.757. The van der Waals surface area contributed by atoms with E-state index in [-0.39, 0.29) is 10.9 Å². The number of methoxy groups -OCH3 is 1. The van der Waals surface area contributed by atoms with Crippen LogP contribution >= 0.6 is 0 Å². The molecule has 1 aliphatic rings. The molecule has 7 nitrogen and oxygen atoms in total. The molecular formula is C15H22N2O5S. The average molecular weight is 342 g/mol. The Morgan fingerprint density at radius 3 is 2.48 bits per heavy atom. The normalized spacial score (nSPS) is 17.7. The van der Waals surface area contributed by atoms with Gasteiger partial charge in [-0.1, -0.05) is 0 Å². The van der Waals surface area contributed by atoms with Gasteiger partial charge in [-0.2, -0.15) is 0 Å². The fourth-order valence-electron chi connectivity index (χ4n) is 2.35. The van der Waals surface area contributed by atoms with Crippen LogP contribution in [0.5, 0.6) is 0 Å². The fourth-order valence-corrected chi connectivity index (χ4v) is 3.47. The molecular weight excluding hydrogens is 320 g/mol. The molecule has 8 heteroatoms. The number of hydrogen-bond acceptors (Lipinski definition) is 6. The molecule has 23 heavy (non-hydrogen) atoms. The molecule has 1 saturated heterocycles. The van der Waals surface area contributed by atoms with Gasteiger partial charge in [0.2, 0.25) is 10.0 Å². The maximum atomic E-state index is 12.3. The van der Waals surface area contributed by atoms with E-state index in [4.69, 9.17) is 4.74 Å². The summed E-state index contributed by atoms with van der Waals surface area (Å²) < 4.78 is 37.1. The van der Waals surface area contributed by atoms with Gasteiger partial charge in [0.25, 0.3) is 0 Å². The van der Waals surface area contributed by atoms with Crippen LogP contribution in [0, 0.1) is 0 Å². The van der Waals surface area contributed by atoms with Crippen LogP contribution in [-0.2, 0) is 19.5 Å². The number of benzene rings is 1. The first-order valence-corrected chi connectivity index (χ1v) is 8.92. The second-order valence-corrected chi connectivity index (χ2v) is 7.13. The SMILES string of the molecule is COC(=O)c1ccc(S(=O)(=O)NCC(C)N2CCOCC2)cc1. The summed E-state index contributed by atoms with van der Waals surface area (Å²) in [5.74, 6) is -0.497. The molecule has 0 saturated carbocycles. The van der Waals surface area contributed by atoms with Crippen molar-refractivity contribution in [2.75, 3.05) is 40.0 Å². The average Bonchev–Trinajstić information content (AvgIpc) is 2.60. The molecule has 1 aromatic carbocycles. The summed E-state index contributed by atoms with van der Waals surface area (Å²) in [5.41, 5.74) is 0.313. The third-order valence-corrected chi connectivity index (χ3v) is 5.26. The lowest BCUT2D eigenvalue weighted by atomic mass is 10.2. The summed E-state index contributed by atoms with van der Waals surface area (Å²) in [6, 6.07) is 5.75. The van der Waals surface area contributed by atoms with E-state index in [1.54, 1.807) is 0 Å². The van der Waals surface area contributed by atoms with Gasteiger partial charge >= 0.3 is 5.97 Å². The minimum atomic E-state index is -3.60. The Morgan fingerprint density at radius 2 is 1.91 bits per heavy atom. The molecule has 0 spiro atoms. The Hall–Kier alpha value is -1.48. The van der Waals surface area contributed by atoms with E-state index in [1.807, 2.05) is 6.92 Å². The van der Waals surface area contributed by atoms with Crippen molar-refractivity contribution in [3.05, 3.63) is 29.8 Å². The van der Waals surface area contributed by atoms with Gasteiger partial charge in [-0.15, -0.1) is 0 Å². The van der Waals surface area contributed by atoms with E-state index in [1.165, 1.54) is 31.4 Å². The fraction of sp³-hybridized carbons (Fsp3) is 0.533. The topological polar surface area (TPSA) is 84.9 Å². The Bertz CT molecular complexity index is 624. The van der Waals surface area contributed by atoms with E-state index < -0.39 is 16.0 Å². The van der Waals surface area contributed by atoms with Crippen LogP contribution in [-0.4, -0.2) is 65.3 Å². The highest BCUT2D eigenvalue weighted by Crippen LogP contribution is 2.12. The van der Waals surface area contributed by atoms with Gasteiger partial charge in [0.15, 0.2) is 0 Å². The van der Waals surface area contributed by atoms with Crippen molar-refractivity contribution in [3.8, 4) is 0 Å². The van der Waals surface area contributed by atoms with Gasteiger partial charge in [0.05, 0.1) is 30.8 Å². The first kappa shape index (κ1) is 17.9. The van der Waals surface area contributed by atoms with Crippen molar-refractivity contribution in [1.29, 1.82) is 0 Å². The first-order chi connectivity index (χ1) is 10.9. The molecule has 1 atom stereocenters. The van der Waals surface area contributed by atoms with Crippen LogP contribution < -0.4 is 4.72 Å². The number of ether oxygens (including phenoxy) is 2. The minimum absolute atomic E-state index is 0.0861. The van der Waals surface area contributed by atoms with Crippen molar-refractivity contribution < 1.29 is 22.7 Å². The van der Waals surface area contributed by atoms with Crippen LogP contribution in [0.2, 0.25) is 0 Å². The molecule has 0 radical (unpaired) electrons. The lowest BCUT2D eigenvalue weighted by Gasteiger charge is -2.32. The predicted molar refractivity (Wildman–Crippen MR) is 84.8 cm³/mol. The molecule has 0 aliphatic carbocycles. The minimum Gasteiger partial charge on any atom is -0.465 e. The molecule has 1 aromatic rings. The molecule has 1 aliphatic heterocycles. The van der Waals surface area contributed by atoms with Gasteiger partial charge in [0.1, 0.15) is 0 Å². The van der Waals surface area contributed by atoms with Crippen LogP contribution in [0.3, 0.4) is 0 Å². The second-order valence-electron chi connectivity index (χ2n) is 5.37. The standard InChI is InChI=1S/C15H22N2O5S/c1-12(17-7-9-22-10-8-17)11-16-23(19,20)14-5-3-13(4-6-14)15(18)21-2/h3-6,12,16H,7-11H2,1-2H3. The maximum absolute atomic E-state index is 12.3. The number of carbonyl (C=O) groups is 1. The van der Waals surface area contributed by atoms with Crippen molar-refractivity contribution in [3.63, 3.8) is 0 Å². The number of nitrogens with zero attached hydrogens (tertiary/aromatic N) is 1. The second kappa shape index (κ2) is 7.87. The Balaban J connectivity index is 1.96. The zero-order valence-corrected chi connectivity index (χ0v) is 14.1. The summed E-state index contributed by atoms with van der Waals surface area (Å²) in [5, 5.41) is 0. The monoisotopic (exact) mass is 342 g/mol. The van der Waals surface area contributed by atoms with E-state index in [9.17, 15) is 13.2 Å². The number of carbonyl (C=O) groups excluding carboxylic acids is 1. The summed E-state index contributed by atoms with van der Waals surface area (Å²) in [7, 11) is -2.32. The lowest BCUT2D eigenvalue weighted by Crippen LogP contribution is -2.47. The lowest BCUT2D eigenvalue weighted by molar-refractivity contribution is 0.0213. The molecule has 0 amide bonds. The number of sulfonamides is 1. The molecule has 1 N–H and O–H groups in total. The van der Waals surface area contributed by atoms with Gasteiger partial charge in [-0.25, -0.2) is 17.9 Å². The van der Waals surface area contributed by atoms with Gasteiger partial charge in [0, 0.05) is 25.7 Å². The van der Waals surface area contributed by atoms with Crippen molar-refractivity contribution in [2.24, 2.45) is 0 Å². The predicted octanol–water partition coefficient (Wildman–Crippen LogP) is 0.472. The molecule has 2 rings (SSSR count). The third-order valence-electron chi connectivity index (χ3n) is 3.82. The Morgan fingerprint density at radius 1 is 1.30 bits per heavy atom. The third kappa shape index (κ3) is 4.74. The summed E-state index contributed by atoms with van der Waals surface area (Å²) in [4.78, 5) is 13.7. The molecule has 1 fully saturated rings. The number of rotatable bonds is 6. The van der Waals surface area contributed by atoms with Gasteiger partial charge in [-0.05, 0) is 31.2 Å². The molecule has 0 bridgehead atoms. The first-order valence-electron chi connectivity index (χ1n) is 7.44. The van der Waals surface area contributed by atoms with Gasteiger partial charge in [-0.3, -0.25) is 4.90 Å². The van der Waals surface area contributed by atoms with Crippen LogP contribution in [0.25, 0.3) is 0 Å². The smallest absolute Gasteiger partial charge is 0.337 e. The van der Waals surface area contributed by atoms with E-state index in [0.717, 1.165) is 13.1 Å². The van der Waals surface area contributed by atoms with Crippen LogP contribution in [0.4, 0.5) is 0 Å². The summed E-state index contributed by atoms with van der Waals surface area (Å²) in [6.45, 7) is 5.25. The number of hydrogen-bond donors (Lipinski definition) is 1. The van der Waals surface area contributed by atoms with Crippen molar-refractivity contribution in [2.45, 2.75) is 17.9 Å². The van der Waals surface area contributed by atoms with Crippen molar-refractivity contribution >= 4 is 16.0 Å². The largest absolute Gasteiger partial charge is 0.465 e. The number of esters is 1. The molecule has 1 heterocycles. The highest BCUT2D eigenvalue weighted by molar-refractivity contribution is 7.89. The number of morpholine rings is 1.